The highest BCUT2D eigenvalue weighted by Crippen LogP contribution is 2.37. The molecule has 1 aromatic heterocycles. The Balaban J connectivity index is 1.52. The molecule has 5 rings (SSSR count). The van der Waals surface area contributed by atoms with Gasteiger partial charge in [0.2, 0.25) is 11.1 Å². The maximum atomic E-state index is 14.2. The maximum Gasteiger partial charge on any atom is 0.337 e. The molecule has 1 atom stereocenters. The molecule has 204 valence electrons. The molecule has 1 aliphatic rings. The predicted molar refractivity (Wildman–Crippen MR) is 153 cm³/mol. The summed E-state index contributed by atoms with van der Waals surface area (Å²) in [7, 11) is 1.33. The third kappa shape index (κ3) is 5.35. The Morgan fingerprint density at radius 3 is 2.52 bits per heavy atom. The number of thioether (sulfide) groups is 1. The van der Waals surface area contributed by atoms with Gasteiger partial charge in [-0.2, -0.15) is 4.98 Å². The molecule has 1 aliphatic heterocycles. The second-order valence-corrected chi connectivity index (χ2v) is 10.4. The zero-order chi connectivity index (χ0) is 28.4. The third-order valence-corrected chi connectivity index (χ3v) is 7.78. The van der Waals surface area contributed by atoms with Crippen LogP contribution in [0.1, 0.15) is 45.6 Å². The van der Waals surface area contributed by atoms with E-state index in [0.717, 1.165) is 22.4 Å². The van der Waals surface area contributed by atoms with E-state index in [1.165, 1.54) is 24.9 Å². The van der Waals surface area contributed by atoms with Gasteiger partial charge < -0.3 is 15.4 Å². The average molecular weight is 558 g/mol. The van der Waals surface area contributed by atoms with E-state index in [1.54, 1.807) is 47.1 Å². The molecule has 10 heteroatoms. The van der Waals surface area contributed by atoms with Gasteiger partial charge in [-0.25, -0.2) is 13.9 Å². The van der Waals surface area contributed by atoms with E-state index in [0.29, 0.717) is 39.3 Å². The van der Waals surface area contributed by atoms with Crippen LogP contribution in [-0.4, -0.2) is 33.8 Å². The Labute approximate surface area is 235 Å². The van der Waals surface area contributed by atoms with Crippen LogP contribution in [0.3, 0.4) is 0 Å². The SMILES string of the molecule is COC(=O)c1ccc(C2C(C(=O)Nc3cccc(C)c3C)=C(C)Nc3nc(SCc4ccccc4F)nn32)cc1. The number of carbonyl (C=O) groups is 2. The molecule has 0 bridgehead atoms. The molecule has 2 heterocycles. The van der Waals surface area contributed by atoms with Crippen LogP contribution in [0.5, 0.6) is 0 Å². The van der Waals surface area contributed by atoms with Gasteiger partial charge >= 0.3 is 5.97 Å². The summed E-state index contributed by atoms with van der Waals surface area (Å²) in [6.07, 6.45) is 0. The van der Waals surface area contributed by atoms with Gasteiger partial charge in [-0.15, -0.1) is 5.10 Å². The zero-order valence-corrected chi connectivity index (χ0v) is 23.3. The van der Waals surface area contributed by atoms with Crippen molar-refractivity contribution in [2.75, 3.05) is 17.7 Å². The van der Waals surface area contributed by atoms with Gasteiger partial charge in [-0.3, -0.25) is 4.79 Å². The summed E-state index contributed by atoms with van der Waals surface area (Å²) in [5.74, 6) is -0.226. The molecule has 0 saturated heterocycles. The second-order valence-electron chi connectivity index (χ2n) is 9.42. The topological polar surface area (TPSA) is 98.1 Å². The van der Waals surface area contributed by atoms with Crippen molar-refractivity contribution in [1.82, 2.24) is 14.8 Å². The number of halogens is 1. The molecule has 1 unspecified atom stereocenters. The summed E-state index contributed by atoms with van der Waals surface area (Å²) in [4.78, 5) is 30.5. The average Bonchev–Trinajstić information content (AvgIpc) is 3.36. The number of anilines is 2. The van der Waals surface area contributed by atoms with Crippen molar-refractivity contribution in [2.45, 2.75) is 37.7 Å². The first-order valence-electron chi connectivity index (χ1n) is 12.6. The van der Waals surface area contributed by atoms with Gasteiger partial charge in [0.25, 0.3) is 5.91 Å². The zero-order valence-electron chi connectivity index (χ0n) is 22.5. The number of hydrogen-bond donors (Lipinski definition) is 2. The van der Waals surface area contributed by atoms with Gasteiger partial charge in [-0.05, 0) is 67.3 Å². The van der Waals surface area contributed by atoms with Gasteiger partial charge in [0.15, 0.2) is 0 Å². The number of methoxy groups -OCH3 is 1. The number of hydrogen-bond acceptors (Lipinski definition) is 7. The number of esters is 1. The first kappa shape index (κ1) is 27.1. The lowest BCUT2D eigenvalue weighted by molar-refractivity contribution is -0.113. The third-order valence-electron chi connectivity index (χ3n) is 6.89. The number of rotatable bonds is 7. The number of nitrogens with one attached hydrogen (secondary N) is 2. The van der Waals surface area contributed by atoms with E-state index in [2.05, 4.69) is 15.6 Å². The van der Waals surface area contributed by atoms with E-state index in [4.69, 9.17) is 9.84 Å². The summed E-state index contributed by atoms with van der Waals surface area (Å²) >= 11 is 1.30. The number of fused-ring (bicyclic) bond motifs is 1. The molecule has 2 N–H and O–H groups in total. The quantitative estimate of drug-likeness (QED) is 0.211. The van der Waals surface area contributed by atoms with Crippen LogP contribution in [-0.2, 0) is 15.3 Å². The molecular formula is C30H28FN5O3S. The smallest absolute Gasteiger partial charge is 0.337 e. The molecule has 0 saturated carbocycles. The first-order valence-corrected chi connectivity index (χ1v) is 13.6. The van der Waals surface area contributed by atoms with Crippen molar-refractivity contribution in [2.24, 2.45) is 0 Å². The van der Waals surface area contributed by atoms with Crippen molar-refractivity contribution in [3.63, 3.8) is 0 Å². The molecule has 40 heavy (non-hydrogen) atoms. The molecule has 0 spiro atoms. The first-order chi connectivity index (χ1) is 19.3. The summed E-state index contributed by atoms with van der Waals surface area (Å²) in [5.41, 5.74) is 5.51. The Bertz CT molecular complexity index is 1630. The fourth-order valence-corrected chi connectivity index (χ4v) is 5.36. The van der Waals surface area contributed by atoms with Crippen LogP contribution < -0.4 is 10.6 Å². The number of aryl methyl sites for hydroxylation is 1. The molecule has 0 fully saturated rings. The fraction of sp³-hybridized carbons (Fsp3) is 0.200. The number of nitrogens with zero attached hydrogens (tertiary/aromatic N) is 3. The largest absolute Gasteiger partial charge is 0.465 e. The van der Waals surface area contributed by atoms with E-state index in [-0.39, 0.29) is 11.7 Å². The minimum absolute atomic E-state index is 0.288. The predicted octanol–water partition coefficient (Wildman–Crippen LogP) is 6.04. The number of ether oxygens (including phenoxy) is 1. The summed E-state index contributed by atoms with van der Waals surface area (Å²) < 4.78 is 20.7. The highest BCUT2D eigenvalue weighted by Gasteiger charge is 2.34. The van der Waals surface area contributed by atoms with Crippen LogP contribution >= 0.6 is 11.8 Å². The maximum absolute atomic E-state index is 14.2. The minimum atomic E-state index is -0.636. The lowest BCUT2D eigenvalue weighted by Crippen LogP contribution is -2.31. The second kappa shape index (κ2) is 11.4. The number of amides is 1. The molecule has 8 nitrogen and oxygen atoms in total. The molecular weight excluding hydrogens is 529 g/mol. The van der Waals surface area contributed by atoms with Crippen LogP contribution in [0.2, 0.25) is 0 Å². The van der Waals surface area contributed by atoms with Crippen molar-refractivity contribution in [3.8, 4) is 0 Å². The van der Waals surface area contributed by atoms with E-state index in [9.17, 15) is 14.0 Å². The molecule has 0 radical (unpaired) electrons. The molecule has 0 aliphatic carbocycles. The summed E-state index contributed by atoms with van der Waals surface area (Å²) in [6, 6.07) is 18.6. The molecule has 3 aromatic carbocycles. The lowest BCUT2D eigenvalue weighted by atomic mass is 9.94. The van der Waals surface area contributed by atoms with Crippen LogP contribution in [0.4, 0.5) is 16.0 Å². The summed E-state index contributed by atoms with van der Waals surface area (Å²) in [6.45, 7) is 5.77. The fourth-order valence-electron chi connectivity index (χ4n) is 4.55. The Kier molecular flexibility index (Phi) is 7.70. The van der Waals surface area contributed by atoms with Gasteiger partial charge in [-0.1, -0.05) is 54.2 Å². The van der Waals surface area contributed by atoms with Gasteiger partial charge in [0.05, 0.1) is 18.2 Å². The van der Waals surface area contributed by atoms with E-state index in [1.807, 2.05) is 39.0 Å². The number of carbonyl (C=O) groups excluding carboxylic acids is 2. The number of allylic oxidation sites excluding steroid dienone is 1. The number of aromatic nitrogens is 3. The minimum Gasteiger partial charge on any atom is -0.465 e. The van der Waals surface area contributed by atoms with E-state index >= 15 is 0 Å². The highest BCUT2D eigenvalue weighted by atomic mass is 32.2. The molecule has 4 aromatic rings. The number of benzene rings is 3. The standard InChI is InChI=1S/C30H28FN5O3S/c1-17-8-7-11-24(18(17)2)33-27(37)25-19(3)32-29-34-30(40-16-22-9-5-6-10-23(22)31)35-36(29)26(25)20-12-14-21(15-13-20)28(38)39-4/h5-15,26H,16H2,1-4H3,(H,33,37)(H,32,34,35). The molecule has 1 amide bonds. The van der Waals surface area contributed by atoms with Crippen LogP contribution in [0.15, 0.2) is 83.2 Å². The Morgan fingerprint density at radius 1 is 1.05 bits per heavy atom. The Morgan fingerprint density at radius 2 is 1.80 bits per heavy atom. The van der Waals surface area contributed by atoms with Crippen LogP contribution in [0.25, 0.3) is 0 Å². The van der Waals surface area contributed by atoms with Gasteiger partial charge in [0, 0.05) is 17.1 Å². The van der Waals surface area contributed by atoms with Crippen molar-refractivity contribution >= 4 is 35.3 Å². The van der Waals surface area contributed by atoms with E-state index < -0.39 is 12.0 Å². The highest BCUT2D eigenvalue weighted by molar-refractivity contribution is 7.98. The Hall–Kier alpha value is -4.44. The summed E-state index contributed by atoms with van der Waals surface area (Å²) in [5, 5.41) is 11.4. The normalized spacial score (nSPS) is 14.4. The van der Waals surface area contributed by atoms with Crippen molar-refractivity contribution in [1.29, 1.82) is 0 Å². The van der Waals surface area contributed by atoms with Crippen molar-refractivity contribution < 1.29 is 18.7 Å². The lowest BCUT2D eigenvalue weighted by Gasteiger charge is -2.29. The van der Waals surface area contributed by atoms with Gasteiger partial charge in [0.1, 0.15) is 11.9 Å². The monoisotopic (exact) mass is 557 g/mol. The van der Waals surface area contributed by atoms with Crippen molar-refractivity contribution in [3.05, 3.63) is 112 Å². The van der Waals surface area contributed by atoms with Crippen LogP contribution in [0, 0.1) is 19.7 Å².